The van der Waals surface area contributed by atoms with E-state index >= 15 is 0 Å². The third-order valence-electron chi connectivity index (χ3n) is 3.51. The van der Waals surface area contributed by atoms with Gasteiger partial charge in [0.25, 0.3) is 0 Å². The first-order valence-corrected chi connectivity index (χ1v) is 6.84. The SMILES string of the molecule is CCCOc1ccc(C2(N)CCCOCC2)cc1. The third kappa shape index (κ3) is 3.24. The molecule has 2 N–H and O–H groups in total. The van der Waals surface area contributed by atoms with E-state index < -0.39 is 0 Å². The van der Waals surface area contributed by atoms with Crippen LogP contribution in [0.1, 0.15) is 38.2 Å². The normalized spacial score (nSPS) is 24.6. The van der Waals surface area contributed by atoms with Crippen molar-refractivity contribution < 1.29 is 9.47 Å². The molecule has 0 amide bonds. The number of nitrogens with two attached hydrogens (primary N) is 1. The highest BCUT2D eigenvalue weighted by Crippen LogP contribution is 2.30. The Morgan fingerprint density at radius 3 is 2.72 bits per heavy atom. The number of hydrogen-bond acceptors (Lipinski definition) is 3. The molecule has 1 unspecified atom stereocenters. The zero-order valence-corrected chi connectivity index (χ0v) is 11.2. The van der Waals surface area contributed by atoms with Gasteiger partial charge in [0.2, 0.25) is 0 Å². The van der Waals surface area contributed by atoms with Crippen LogP contribution >= 0.6 is 0 Å². The molecule has 1 heterocycles. The number of benzene rings is 1. The van der Waals surface area contributed by atoms with Crippen molar-refractivity contribution in [2.24, 2.45) is 5.73 Å². The van der Waals surface area contributed by atoms with Crippen molar-refractivity contribution in [2.45, 2.75) is 38.1 Å². The molecule has 1 aromatic carbocycles. The first-order chi connectivity index (χ1) is 8.74. The standard InChI is InChI=1S/C15H23NO2/c1-2-10-18-14-6-4-13(5-7-14)15(16)8-3-11-17-12-9-15/h4-7H,2-3,8-12,16H2,1H3. The molecule has 1 fully saturated rings. The monoisotopic (exact) mass is 249 g/mol. The zero-order valence-electron chi connectivity index (χ0n) is 11.2. The molecular weight excluding hydrogens is 226 g/mol. The van der Waals surface area contributed by atoms with Crippen LogP contribution in [0.2, 0.25) is 0 Å². The van der Waals surface area contributed by atoms with Crippen LogP contribution in [-0.4, -0.2) is 19.8 Å². The maximum atomic E-state index is 6.51. The summed E-state index contributed by atoms with van der Waals surface area (Å²) in [7, 11) is 0. The molecule has 0 spiro atoms. The molecule has 2 rings (SSSR count). The second kappa shape index (κ2) is 6.21. The molecular formula is C15H23NO2. The van der Waals surface area contributed by atoms with E-state index in [-0.39, 0.29) is 5.54 Å². The second-order valence-corrected chi connectivity index (χ2v) is 4.99. The van der Waals surface area contributed by atoms with E-state index in [2.05, 4.69) is 19.1 Å². The van der Waals surface area contributed by atoms with Crippen LogP contribution < -0.4 is 10.5 Å². The Morgan fingerprint density at radius 1 is 1.22 bits per heavy atom. The highest BCUT2D eigenvalue weighted by molar-refractivity contribution is 5.32. The van der Waals surface area contributed by atoms with Gasteiger partial charge in [0.15, 0.2) is 0 Å². The van der Waals surface area contributed by atoms with Gasteiger partial charge in [-0.15, -0.1) is 0 Å². The lowest BCUT2D eigenvalue weighted by atomic mass is 9.84. The summed E-state index contributed by atoms with van der Waals surface area (Å²) < 4.78 is 11.1. The van der Waals surface area contributed by atoms with Crippen molar-refractivity contribution in [2.75, 3.05) is 19.8 Å². The predicted octanol–water partition coefficient (Wildman–Crippen LogP) is 2.83. The number of ether oxygens (including phenoxy) is 2. The molecule has 1 atom stereocenters. The van der Waals surface area contributed by atoms with Crippen LogP contribution in [0.25, 0.3) is 0 Å². The summed E-state index contributed by atoms with van der Waals surface area (Å²) in [5.74, 6) is 0.925. The summed E-state index contributed by atoms with van der Waals surface area (Å²) in [4.78, 5) is 0. The highest BCUT2D eigenvalue weighted by Gasteiger charge is 2.28. The van der Waals surface area contributed by atoms with Gasteiger partial charge in [-0.3, -0.25) is 0 Å². The van der Waals surface area contributed by atoms with E-state index in [0.29, 0.717) is 0 Å². The average Bonchev–Trinajstić information content (AvgIpc) is 2.63. The van der Waals surface area contributed by atoms with Crippen molar-refractivity contribution in [3.8, 4) is 5.75 Å². The van der Waals surface area contributed by atoms with Crippen molar-refractivity contribution in [1.82, 2.24) is 0 Å². The lowest BCUT2D eigenvalue weighted by Crippen LogP contribution is -2.36. The van der Waals surface area contributed by atoms with Gasteiger partial charge in [-0.1, -0.05) is 19.1 Å². The zero-order chi connectivity index (χ0) is 12.8. The van der Waals surface area contributed by atoms with Crippen molar-refractivity contribution in [3.05, 3.63) is 29.8 Å². The van der Waals surface area contributed by atoms with Crippen LogP contribution in [-0.2, 0) is 10.3 Å². The fourth-order valence-corrected chi connectivity index (χ4v) is 2.36. The van der Waals surface area contributed by atoms with Gasteiger partial charge in [0.05, 0.1) is 6.61 Å². The first kappa shape index (κ1) is 13.4. The molecule has 100 valence electrons. The molecule has 0 saturated carbocycles. The molecule has 1 aliphatic heterocycles. The minimum Gasteiger partial charge on any atom is -0.494 e. The van der Waals surface area contributed by atoms with Crippen LogP contribution in [0.5, 0.6) is 5.75 Å². The Balaban J connectivity index is 2.07. The maximum Gasteiger partial charge on any atom is 0.119 e. The van der Waals surface area contributed by atoms with Crippen LogP contribution in [0.4, 0.5) is 0 Å². The summed E-state index contributed by atoms with van der Waals surface area (Å²) in [6.45, 7) is 4.46. The van der Waals surface area contributed by atoms with Crippen molar-refractivity contribution >= 4 is 0 Å². The fraction of sp³-hybridized carbons (Fsp3) is 0.600. The van der Waals surface area contributed by atoms with Gasteiger partial charge in [-0.25, -0.2) is 0 Å². The van der Waals surface area contributed by atoms with Gasteiger partial charge in [-0.2, -0.15) is 0 Å². The fourth-order valence-electron chi connectivity index (χ4n) is 2.36. The summed E-state index contributed by atoms with van der Waals surface area (Å²) in [6.07, 6.45) is 3.94. The molecule has 0 bridgehead atoms. The van der Waals surface area contributed by atoms with Crippen molar-refractivity contribution in [3.63, 3.8) is 0 Å². The van der Waals surface area contributed by atoms with Gasteiger partial charge in [0, 0.05) is 18.8 Å². The molecule has 3 heteroatoms. The van der Waals surface area contributed by atoms with Crippen LogP contribution in [0.3, 0.4) is 0 Å². The molecule has 18 heavy (non-hydrogen) atoms. The lowest BCUT2D eigenvalue weighted by Gasteiger charge is -2.28. The Kier molecular flexibility index (Phi) is 4.61. The van der Waals surface area contributed by atoms with Gasteiger partial charge < -0.3 is 15.2 Å². The van der Waals surface area contributed by atoms with E-state index in [0.717, 1.165) is 51.3 Å². The Morgan fingerprint density at radius 2 is 2.00 bits per heavy atom. The summed E-state index contributed by atoms with van der Waals surface area (Å²) in [6, 6.07) is 8.23. The molecule has 1 aliphatic rings. The highest BCUT2D eigenvalue weighted by atomic mass is 16.5. The van der Waals surface area contributed by atoms with Crippen LogP contribution in [0, 0.1) is 0 Å². The van der Waals surface area contributed by atoms with Gasteiger partial charge in [-0.05, 0) is 43.4 Å². The summed E-state index contributed by atoms with van der Waals surface area (Å²) >= 11 is 0. The summed E-state index contributed by atoms with van der Waals surface area (Å²) in [5.41, 5.74) is 7.46. The van der Waals surface area contributed by atoms with E-state index in [4.69, 9.17) is 15.2 Å². The average molecular weight is 249 g/mol. The first-order valence-electron chi connectivity index (χ1n) is 6.84. The van der Waals surface area contributed by atoms with Crippen molar-refractivity contribution in [1.29, 1.82) is 0 Å². The molecule has 0 radical (unpaired) electrons. The third-order valence-corrected chi connectivity index (χ3v) is 3.51. The number of rotatable bonds is 4. The quantitative estimate of drug-likeness (QED) is 0.892. The molecule has 0 aromatic heterocycles. The minimum absolute atomic E-state index is 0.236. The van der Waals surface area contributed by atoms with Gasteiger partial charge in [0.1, 0.15) is 5.75 Å². The minimum atomic E-state index is -0.236. The van der Waals surface area contributed by atoms with Crippen LogP contribution in [0.15, 0.2) is 24.3 Å². The van der Waals surface area contributed by atoms with E-state index in [1.807, 2.05) is 12.1 Å². The smallest absolute Gasteiger partial charge is 0.119 e. The molecule has 3 nitrogen and oxygen atoms in total. The van der Waals surface area contributed by atoms with E-state index in [1.54, 1.807) is 0 Å². The lowest BCUT2D eigenvalue weighted by molar-refractivity contribution is 0.139. The van der Waals surface area contributed by atoms with E-state index in [9.17, 15) is 0 Å². The second-order valence-electron chi connectivity index (χ2n) is 4.99. The molecule has 0 aliphatic carbocycles. The predicted molar refractivity (Wildman–Crippen MR) is 72.8 cm³/mol. The van der Waals surface area contributed by atoms with E-state index in [1.165, 1.54) is 5.56 Å². The van der Waals surface area contributed by atoms with Gasteiger partial charge >= 0.3 is 0 Å². The Hall–Kier alpha value is -1.06. The molecule has 1 saturated heterocycles. The number of hydrogen-bond donors (Lipinski definition) is 1. The largest absolute Gasteiger partial charge is 0.494 e. The Labute approximate surface area is 109 Å². The summed E-state index contributed by atoms with van der Waals surface area (Å²) in [5, 5.41) is 0. The topological polar surface area (TPSA) is 44.5 Å². The maximum absolute atomic E-state index is 6.51. The molecule has 1 aromatic rings. The Bertz CT molecular complexity index is 353.